The van der Waals surface area contributed by atoms with Gasteiger partial charge in [0, 0.05) is 0 Å². The Morgan fingerprint density at radius 2 is 1.67 bits per heavy atom. The van der Waals surface area contributed by atoms with E-state index in [9.17, 15) is 0 Å². The molecule has 1 aromatic carbocycles. The number of aryl methyl sites for hydroxylation is 3. The standard InChI is InChI=1S/C15H22/c1-5-6-7-8-9-15-10-12(2)14(4)13(3)11-15/h5,10-11H,1,6-9H2,2-4H3. The molecule has 0 amide bonds. The Kier molecular flexibility index (Phi) is 4.61. The molecule has 0 heteroatoms. The summed E-state index contributed by atoms with van der Waals surface area (Å²) in [4.78, 5) is 0. The zero-order chi connectivity index (χ0) is 11.3. The minimum Gasteiger partial charge on any atom is -0.103 e. The quantitative estimate of drug-likeness (QED) is 0.487. The SMILES string of the molecule is C=CCCCCc1cc(C)c(C)c(C)c1. The van der Waals surface area contributed by atoms with Gasteiger partial charge < -0.3 is 0 Å². The molecule has 0 atom stereocenters. The van der Waals surface area contributed by atoms with Gasteiger partial charge >= 0.3 is 0 Å². The fourth-order valence-corrected chi connectivity index (χ4v) is 1.89. The first-order valence-corrected chi connectivity index (χ1v) is 5.82. The van der Waals surface area contributed by atoms with Crippen LogP contribution in [-0.2, 0) is 6.42 Å². The molecule has 0 aliphatic carbocycles. The van der Waals surface area contributed by atoms with Crippen LogP contribution in [0.5, 0.6) is 0 Å². The Balaban J connectivity index is 2.58. The lowest BCUT2D eigenvalue weighted by molar-refractivity contribution is 0.747. The Bertz CT molecular complexity index is 311. The van der Waals surface area contributed by atoms with Gasteiger partial charge in [-0.3, -0.25) is 0 Å². The maximum atomic E-state index is 3.75. The molecule has 0 saturated carbocycles. The van der Waals surface area contributed by atoms with Crippen LogP contribution >= 0.6 is 0 Å². The topological polar surface area (TPSA) is 0 Å². The molecule has 1 aromatic rings. The van der Waals surface area contributed by atoms with Crippen molar-refractivity contribution in [3.63, 3.8) is 0 Å². The number of hydrogen-bond donors (Lipinski definition) is 0. The Hall–Kier alpha value is -1.04. The van der Waals surface area contributed by atoms with E-state index in [1.807, 2.05) is 6.08 Å². The Labute approximate surface area is 94.0 Å². The third kappa shape index (κ3) is 3.54. The van der Waals surface area contributed by atoms with Crippen molar-refractivity contribution in [1.29, 1.82) is 0 Å². The summed E-state index contributed by atoms with van der Waals surface area (Å²) >= 11 is 0. The van der Waals surface area contributed by atoms with Crippen LogP contribution in [0.1, 0.15) is 41.5 Å². The van der Waals surface area contributed by atoms with E-state index in [-0.39, 0.29) is 0 Å². The van der Waals surface area contributed by atoms with Gasteiger partial charge in [-0.05, 0) is 68.7 Å². The molecule has 0 fully saturated rings. The molecule has 0 bridgehead atoms. The first kappa shape index (κ1) is 12.0. The van der Waals surface area contributed by atoms with Crippen LogP contribution in [-0.4, -0.2) is 0 Å². The van der Waals surface area contributed by atoms with Crippen LogP contribution in [0.3, 0.4) is 0 Å². The van der Waals surface area contributed by atoms with E-state index in [1.54, 1.807) is 0 Å². The number of rotatable bonds is 5. The summed E-state index contributed by atoms with van der Waals surface area (Å²) in [6.45, 7) is 10.4. The number of allylic oxidation sites excluding steroid dienone is 1. The average Bonchev–Trinajstić information content (AvgIpc) is 2.21. The van der Waals surface area contributed by atoms with Crippen LogP contribution < -0.4 is 0 Å². The lowest BCUT2D eigenvalue weighted by Gasteiger charge is -2.08. The largest absolute Gasteiger partial charge is 0.103 e. The van der Waals surface area contributed by atoms with Gasteiger partial charge in [0.25, 0.3) is 0 Å². The second-order valence-corrected chi connectivity index (χ2v) is 4.39. The zero-order valence-corrected chi connectivity index (χ0v) is 10.3. The highest BCUT2D eigenvalue weighted by Gasteiger charge is 2.00. The van der Waals surface area contributed by atoms with E-state index in [2.05, 4.69) is 39.5 Å². The summed E-state index contributed by atoms with van der Waals surface area (Å²) in [6, 6.07) is 4.66. The highest BCUT2D eigenvalue weighted by molar-refractivity contribution is 5.36. The molecule has 0 unspecified atom stereocenters. The van der Waals surface area contributed by atoms with Gasteiger partial charge in [0.2, 0.25) is 0 Å². The molecule has 0 saturated heterocycles. The van der Waals surface area contributed by atoms with Crippen molar-refractivity contribution >= 4 is 0 Å². The molecule has 0 aromatic heterocycles. The lowest BCUT2D eigenvalue weighted by Crippen LogP contribution is -1.92. The van der Waals surface area contributed by atoms with Crippen molar-refractivity contribution in [2.24, 2.45) is 0 Å². The predicted molar refractivity (Wildman–Crippen MR) is 68.4 cm³/mol. The van der Waals surface area contributed by atoms with Crippen LogP contribution in [0.25, 0.3) is 0 Å². The summed E-state index contributed by atoms with van der Waals surface area (Å²) in [6.07, 6.45) is 6.88. The van der Waals surface area contributed by atoms with Crippen molar-refractivity contribution in [3.8, 4) is 0 Å². The maximum absolute atomic E-state index is 3.75. The molecule has 15 heavy (non-hydrogen) atoms. The zero-order valence-electron chi connectivity index (χ0n) is 10.3. The molecule has 0 heterocycles. The lowest BCUT2D eigenvalue weighted by atomic mass is 9.97. The highest BCUT2D eigenvalue weighted by Crippen LogP contribution is 2.17. The molecule has 0 aliphatic rings. The molecule has 0 nitrogen and oxygen atoms in total. The van der Waals surface area contributed by atoms with Crippen LogP contribution in [0.15, 0.2) is 24.8 Å². The first-order chi connectivity index (χ1) is 7.15. The third-order valence-corrected chi connectivity index (χ3v) is 3.11. The molecule has 0 aliphatic heterocycles. The number of hydrogen-bond acceptors (Lipinski definition) is 0. The molecule has 0 spiro atoms. The molecule has 82 valence electrons. The molecule has 0 radical (unpaired) electrons. The summed E-state index contributed by atoms with van der Waals surface area (Å²) < 4.78 is 0. The summed E-state index contributed by atoms with van der Waals surface area (Å²) in [5.74, 6) is 0. The van der Waals surface area contributed by atoms with E-state index in [1.165, 1.54) is 41.5 Å². The number of unbranched alkanes of at least 4 members (excludes halogenated alkanes) is 2. The summed E-state index contributed by atoms with van der Waals surface area (Å²) in [5, 5.41) is 0. The third-order valence-electron chi connectivity index (χ3n) is 3.11. The van der Waals surface area contributed by atoms with Crippen LogP contribution in [0, 0.1) is 20.8 Å². The van der Waals surface area contributed by atoms with E-state index >= 15 is 0 Å². The smallest absolute Gasteiger partial charge is 0.0279 e. The van der Waals surface area contributed by atoms with Gasteiger partial charge in [-0.2, -0.15) is 0 Å². The van der Waals surface area contributed by atoms with E-state index in [4.69, 9.17) is 0 Å². The van der Waals surface area contributed by atoms with Crippen molar-refractivity contribution in [1.82, 2.24) is 0 Å². The average molecular weight is 202 g/mol. The normalized spacial score (nSPS) is 10.3. The van der Waals surface area contributed by atoms with Gasteiger partial charge in [-0.15, -0.1) is 6.58 Å². The molecule has 1 rings (SSSR count). The van der Waals surface area contributed by atoms with Gasteiger partial charge in [0.15, 0.2) is 0 Å². The monoisotopic (exact) mass is 202 g/mol. The fourth-order valence-electron chi connectivity index (χ4n) is 1.89. The fraction of sp³-hybridized carbons (Fsp3) is 0.467. The molecular formula is C15H22. The summed E-state index contributed by atoms with van der Waals surface area (Å²) in [7, 11) is 0. The predicted octanol–water partition coefficient (Wildman–Crippen LogP) is 4.51. The first-order valence-electron chi connectivity index (χ1n) is 5.82. The van der Waals surface area contributed by atoms with E-state index in [0.29, 0.717) is 0 Å². The second-order valence-electron chi connectivity index (χ2n) is 4.39. The van der Waals surface area contributed by atoms with Gasteiger partial charge in [0.1, 0.15) is 0 Å². The van der Waals surface area contributed by atoms with Crippen molar-refractivity contribution < 1.29 is 0 Å². The summed E-state index contributed by atoms with van der Waals surface area (Å²) in [5.41, 5.74) is 5.77. The van der Waals surface area contributed by atoms with Crippen LogP contribution in [0.2, 0.25) is 0 Å². The highest BCUT2D eigenvalue weighted by atomic mass is 14.1. The van der Waals surface area contributed by atoms with Gasteiger partial charge in [0.05, 0.1) is 0 Å². The van der Waals surface area contributed by atoms with Crippen molar-refractivity contribution in [3.05, 3.63) is 47.0 Å². The Morgan fingerprint density at radius 3 is 2.20 bits per heavy atom. The van der Waals surface area contributed by atoms with Crippen molar-refractivity contribution in [2.75, 3.05) is 0 Å². The maximum Gasteiger partial charge on any atom is -0.0279 e. The van der Waals surface area contributed by atoms with E-state index < -0.39 is 0 Å². The van der Waals surface area contributed by atoms with Gasteiger partial charge in [-0.25, -0.2) is 0 Å². The molecule has 0 N–H and O–H groups in total. The van der Waals surface area contributed by atoms with Crippen LogP contribution in [0.4, 0.5) is 0 Å². The molecular weight excluding hydrogens is 180 g/mol. The minimum absolute atomic E-state index is 1.14. The Morgan fingerprint density at radius 1 is 1.07 bits per heavy atom. The number of benzene rings is 1. The second kappa shape index (κ2) is 5.75. The minimum atomic E-state index is 1.14. The van der Waals surface area contributed by atoms with Crippen molar-refractivity contribution in [2.45, 2.75) is 46.5 Å². The van der Waals surface area contributed by atoms with E-state index in [0.717, 1.165) is 6.42 Å². The van der Waals surface area contributed by atoms with Gasteiger partial charge in [-0.1, -0.05) is 18.2 Å².